The van der Waals surface area contributed by atoms with Crippen molar-refractivity contribution in [1.29, 1.82) is 0 Å². The van der Waals surface area contributed by atoms with Crippen molar-refractivity contribution in [3.8, 4) is 0 Å². The van der Waals surface area contributed by atoms with Gasteiger partial charge in [0.2, 0.25) is 0 Å². The SMILES string of the molecule is CCCN(CCSCC)C1CNC1. The maximum absolute atomic E-state index is 3.34. The summed E-state index contributed by atoms with van der Waals surface area (Å²) in [6.07, 6.45) is 1.29. The van der Waals surface area contributed by atoms with Gasteiger partial charge in [-0.05, 0) is 18.7 Å². The molecular weight excluding hydrogens is 180 g/mol. The molecule has 0 aliphatic carbocycles. The Labute approximate surface area is 86.5 Å². The first-order chi connectivity index (χ1) is 6.38. The minimum Gasteiger partial charge on any atom is -0.314 e. The molecule has 0 bridgehead atoms. The average Bonchev–Trinajstić information content (AvgIpc) is 2.02. The summed E-state index contributed by atoms with van der Waals surface area (Å²) in [7, 11) is 0. The number of hydrogen-bond acceptors (Lipinski definition) is 3. The summed E-state index contributed by atoms with van der Waals surface area (Å²) in [6.45, 7) is 9.47. The van der Waals surface area contributed by atoms with Gasteiger partial charge in [-0.3, -0.25) is 4.90 Å². The van der Waals surface area contributed by atoms with E-state index in [1.807, 2.05) is 0 Å². The van der Waals surface area contributed by atoms with Gasteiger partial charge in [-0.1, -0.05) is 13.8 Å². The Hall–Kier alpha value is 0.270. The summed E-state index contributed by atoms with van der Waals surface area (Å²) in [5.41, 5.74) is 0. The van der Waals surface area contributed by atoms with Crippen molar-refractivity contribution < 1.29 is 0 Å². The molecule has 0 atom stereocenters. The van der Waals surface area contributed by atoms with Crippen LogP contribution in [-0.2, 0) is 0 Å². The second kappa shape index (κ2) is 6.68. The monoisotopic (exact) mass is 202 g/mol. The largest absolute Gasteiger partial charge is 0.314 e. The van der Waals surface area contributed by atoms with E-state index in [9.17, 15) is 0 Å². The highest BCUT2D eigenvalue weighted by atomic mass is 32.2. The molecule has 0 aromatic heterocycles. The molecule has 1 aliphatic heterocycles. The summed E-state index contributed by atoms with van der Waals surface area (Å²) in [6, 6.07) is 0.831. The lowest BCUT2D eigenvalue weighted by atomic mass is 10.1. The maximum Gasteiger partial charge on any atom is 0.0345 e. The van der Waals surface area contributed by atoms with Gasteiger partial charge in [-0.15, -0.1) is 0 Å². The summed E-state index contributed by atoms with van der Waals surface area (Å²) < 4.78 is 0. The lowest BCUT2D eigenvalue weighted by Gasteiger charge is -2.38. The zero-order valence-electron chi connectivity index (χ0n) is 8.88. The first-order valence-corrected chi connectivity index (χ1v) is 6.56. The van der Waals surface area contributed by atoms with Crippen molar-refractivity contribution in [3.05, 3.63) is 0 Å². The highest BCUT2D eigenvalue weighted by molar-refractivity contribution is 7.99. The van der Waals surface area contributed by atoms with Crippen molar-refractivity contribution in [2.24, 2.45) is 0 Å². The molecule has 1 aliphatic rings. The van der Waals surface area contributed by atoms with Gasteiger partial charge in [-0.25, -0.2) is 0 Å². The molecule has 78 valence electrons. The molecule has 1 fully saturated rings. The molecule has 0 aromatic rings. The molecule has 1 rings (SSSR count). The molecule has 3 heteroatoms. The predicted molar refractivity (Wildman–Crippen MR) is 61.5 cm³/mol. The number of rotatable bonds is 7. The fourth-order valence-electron chi connectivity index (χ4n) is 1.62. The van der Waals surface area contributed by atoms with Gasteiger partial charge < -0.3 is 5.32 Å². The molecular formula is C10H22N2S. The van der Waals surface area contributed by atoms with Crippen molar-refractivity contribution in [3.63, 3.8) is 0 Å². The van der Waals surface area contributed by atoms with Gasteiger partial charge in [0.25, 0.3) is 0 Å². The zero-order valence-corrected chi connectivity index (χ0v) is 9.70. The van der Waals surface area contributed by atoms with Gasteiger partial charge in [0, 0.05) is 31.4 Å². The molecule has 0 radical (unpaired) electrons. The second-order valence-electron chi connectivity index (χ2n) is 3.54. The van der Waals surface area contributed by atoms with Crippen LogP contribution >= 0.6 is 11.8 Å². The maximum atomic E-state index is 3.34. The van der Waals surface area contributed by atoms with E-state index < -0.39 is 0 Å². The van der Waals surface area contributed by atoms with Crippen LogP contribution in [0.1, 0.15) is 20.3 Å². The molecule has 1 heterocycles. The number of hydrogen-bond donors (Lipinski definition) is 1. The van der Waals surface area contributed by atoms with Gasteiger partial charge in [0.1, 0.15) is 0 Å². The fraction of sp³-hybridized carbons (Fsp3) is 1.00. The van der Waals surface area contributed by atoms with E-state index in [1.54, 1.807) is 0 Å². The van der Waals surface area contributed by atoms with Crippen LogP contribution in [0, 0.1) is 0 Å². The molecule has 0 amide bonds. The topological polar surface area (TPSA) is 15.3 Å². The molecule has 1 saturated heterocycles. The lowest BCUT2D eigenvalue weighted by Crippen LogP contribution is -2.57. The molecule has 0 saturated carbocycles. The highest BCUT2D eigenvalue weighted by Gasteiger charge is 2.22. The van der Waals surface area contributed by atoms with Crippen molar-refractivity contribution in [2.45, 2.75) is 26.3 Å². The average molecular weight is 202 g/mol. The van der Waals surface area contributed by atoms with Crippen LogP contribution in [-0.4, -0.2) is 48.6 Å². The van der Waals surface area contributed by atoms with Crippen LogP contribution in [0.25, 0.3) is 0 Å². The first-order valence-electron chi connectivity index (χ1n) is 5.41. The Balaban J connectivity index is 2.12. The Kier molecular flexibility index (Phi) is 5.83. The van der Waals surface area contributed by atoms with E-state index in [0.29, 0.717) is 0 Å². The van der Waals surface area contributed by atoms with E-state index in [4.69, 9.17) is 0 Å². The summed E-state index contributed by atoms with van der Waals surface area (Å²) >= 11 is 2.05. The van der Waals surface area contributed by atoms with E-state index in [-0.39, 0.29) is 0 Å². The fourth-order valence-corrected chi connectivity index (χ4v) is 2.27. The number of nitrogens with zero attached hydrogens (tertiary/aromatic N) is 1. The quantitative estimate of drug-likeness (QED) is 0.629. The molecule has 0 spiro atoms. The standard InChI is InChI=1S/C10H22N2S/c1-3-5-12(6-7-13-4-2)10-8-11-9-10/h10-11H,3-9H2,1-2H3. The van der Waals surface area contributed by atoms with Gasteiger partial charge in [0.05, 0.1) is 0 Å². The van der Waals surface area contributed by atoms with Crippen molar-refractivity contribution in [1.82, 2.24) is 10.2 Å². The van der Waals surface area contributed by atoms with Gasteiger partial charge >= 0.3 is 0 Å². The van der Waals surface area contributed by atoms with Gasteiger partial charge in [-0.2, -0.15) is 11.8 Å². The Morgan fingerprint density at radius 2 is 2.08 bits per heavy atom. The normalized spacial score (nSPS) is 17.8. The Bertz CT molecular complexity index is 126. The lowest BCUT2D eigenvalue weighted by molar-refractivity contribution is 0.154. The second-order valence-corrected chi connectivity index (χ2v) is 4.94. The number of thioether (sulfide) groups is 1. The van der Waals surface area contributed by atoms with Crippen LogP contribution in [0.4, 0.5) is 0 Å². The van der Waals surface area contributed by atoms with E-state index in [1.165, 1.54) is 44.1 Å². The number of nitrogens with one attached hydrogen (secondary N) is 1. The van der Waals surface area contributed by atoms with Crippen LogP contribution in [0.2, 0.25) is 0 Å². The van der Waals surface area contributed by atoms with Crippen molar-refractivity contribution >= 4 is 11.8 Å². The van der Waals surface area contributed by atoms with E-state index >= 15 is 0 Å². The van der Waals surface area contributed by atoms with Crippen LogP contribution < -0.4 is 5.32 Å². The Morgan fingerprint density at radius 1 is 1.31 bits per heavy atom. The zero-order chi connectivity index (χ0) is 9.52. The molecule has 13 heavy (non-hydrogen) atoms. The molecule has 0 aromatic carbocycles. The van der Waals surface area contributed by atoms with E-state index in [0.717, 1.165) is 6.04 Å². The smallest absolute Gasteiger partial charge is 0.0345 e. The first kappa shape index (κ1) is 11.3. The third-order valence-electron chi connectivity index (χ3n) is 2.51. The third-order valence-corrected chi connectivity index (χ3v) is 3.39. The highest BCUT2D eigenvalue weighted by Crippen LogP contribution is 2.08. The van der Waals surface area contributed by atoms with Crippen LogP contribution in [0.15, 0.2) is 0 Å². The molecule has 1 N–H and O–H groups in total. The molecule has 2 nitrogen and oxygen atoms in total. The third kappa shape index (κ3) is 3.88. The van der Waals surface area contributed by atoms with Crippen LogP contribution in [0.5, 0.6) is 0 Å². The van der Waals surface area contributed by atoms with Gasteiger partial charge in [0.15, 0.2) is 0 Å². The summed E-state index contributed by atoms with van der Waals surface area (Å²) in [4.78, 5) is 2.64. The molecule has 0 unspecified atom stereocenters. The predicted octanol–water partition coefficient (Wildman–Crippen LogP) is 1.42. The van der Waals surface area contributed by atoms with E-state index in [2.05, 4.69) is 35.8 Å². The van der Waals surface area contributed by atoms with Crippen molar-refractivity contribution in [2.75, 3.05) is 37.7 Å². The summed E-state index contributed by atoms with van der Waals surface area (Å²) in [5.74, 6) is 2.55. The van der Waals surface area contributed by atoms with Crippen LogP contribution in [0.3, 0.4) is 0 Å². The minimum atomic E-state index is 0.831. The Morgan fingerprint density at radius 3 is 2.54 bits per heavy atom. The minimum absolute atomic E-state index is 0.831. The summed E-state index contributed by atoms with van der Waals surface area (Å²) in [5, 5.41) is 3.34.